The van der Waals surface area contributed by atoms with Crippen molar-refractivity contribution in [2.45, 2.75) is 32.9 Å². The van der Waals surface area contributed by atoms with Crippen molar-refractivity contribution in [3.63, 3.8) is 0 Å². The maximum Gasteiger partial charge on any atom is 0.122 e. The monoisotopic (exact) mass is 305 g/mol. The summed E-state index contributed by atoms with van der Waals surface area (Å²) in [6, 6.07) is 12.9. The largest absolute Gasteiger partial charge is 0.508 e. The van der Waals surface area contributed by atoms with E-state index in [1.807, 2.05) is 31.2 Å². The standard InChI is InChI=1S/C17H20ClNO2/c1-3-12(2)21-14-7-4-6-13(10-14)19-11-15-16(18)8-5-9-17(15)20/h4-10,12,19-20H,3,11H2,1-2H3. The number of benzene rings is 2. The molecule has 21 heavy (non-hydrogen) atoms. The quantitative estimate of drug-likeness (QED) is 0.802. The molecule has 0 bridgehead atoms. The first-order valence-electron chi connectivity index (χ1n) is 7.07. The third kappa shape index (κ3) is 4.30. The van der Waals surface area contributed by atoms with E-state index in [1.54, 1.807) is 18.2 Å². The van der Waals surface area contributed by atoms with Crippen molar-refractivity contribution < 1.29 is 9.84 Å². The second kappa shape index (κ2) is 7.23. The van der Waals surface area contributed by atoms with Crippen LogP contribution in [0, 0.1) is 0 Å². The maximum absolute atomic E-state index is 9.83. The van der Waals surface area contributed by atoms with Gasteiger partial charge in [-0.1, -0.05) is 30.7 Å². The highest BCUT2D eigenvalue weighted by Gasteiger charge is 2.06. The SMILES string of the molecule is CCC(C)Oc1cccc(NCc2c(O)cccc2Cl)c1. The molecule has 4 heteroatoms. The van der Waals surface area contributed by atoms with Crippen LogP contribution in [0.15, 0.2) is 42.5 Å². The van der Waals surface area contributed by atoms with Gasteiger partial charge in [-0.2, -0.15) is 0 Å². The number of phenols is 1. The lowest BCUT2D eigenvalue weighted by molar-refractivity contribution is 0.217. The van der Waals surface area contributed by atoms with Crippen LogP contribution in [0.25, 0.3) is 0 Å². The minimum Gasteiger partial charge on any atom is -0.508 e. The summed E-state index contributed by atoms with van der Waals surface area (Å²) < 4.78 is 5.79. The van der Waals surface area contributed by atoms with Crippen molar-refractivity contribution in [2.24, 2.45) is 0 Å². The average molecular weight is 306 g/mol. The Hall–Kier alpha value is -1.87. The van der Waals surface area contributed by atoms with Gasteiger partial charge in [0.1, 0.15) is 11.5 Å². The molecular weight excluding hydrogens is 286 g/mol. The number of anilines is 1. The van der Waals surface area contributed by atoms with Gasteiger partial charge in [-0.3, -0.25) is 0 Å². The maximum atomic E-state index is 9.83. The Morgan fingerprint density at radius 3 is 2.71 bits per heavy atom. The van der Waals surface area contributed by atoms with E-state index < -0.39 is 0 Å². The minimum absolute atomic E-state index is 0.188. The Kier molecular flexibility index (Phi) is 5.34. The van der Waals surface area contributed by atoms with Gasteiger partial charge < -0.3 is 15.2 Å². The van der Waals surface area contributed by atoms with Crippen LogP contribution in [-0.4, -0.2) is 11.2 Å². The zero-order valence-electron chi connectivity index (χ0n) is 12.3. The number of hydrogen-bond donors (Lipinski definition) is 2. The molecule has 0 aliphatic rings. The fourth-order valence-corrected chi connectivity index (χ4v) is 2.14. The van der Waals surface area contributed by atoms with Crippen LogP contribution >= 0.6 is 11.6 Å². The van der Waals surface area contributed by atoms with Crippen LogP contribution < -0.4 is 10.1 Å². The van der Waals surface area contributed by atoms with Gasteiger partial charge in [0.2, 0.25) is 0 Å². The summed E-state index contributed by atoms with van der Waals surface area (Å²) in [5.41, 5.74) is 1.61. The van der Waals surface area contributed by atoms with Crippen molar-refractivity contribution in [1.29, 1.82) is 0 Å². The number of aromatic hydroxyl groups is 1. The summed E-state index contributed by atoms with van der Waals surface area (Å²) in [5, 5.41) is 13.6. The summed E-state index contributed by atoms with van der Waals surface area (Å²) in [4.78, 5) is 0. The second-order valence-corrected chi connectivity index (χ2v) is 5.36. The fraction of sp³-hybridized carbons (Fsp3) is 0.294. The molecule has 0 heterocycles. The molecule has 2 aromatic rings. The van der Waals surface area contributed by atoms with Crippen molar-refractivity contribution in [1.82, 2.24) is 0 Å². The van der Waals surface area contributed by atoms with Crippen LogP contribution in [0.5, 0.6) is 11.5 Å². The predicted molar refractivity (Wildman–Crippen MR) is 87.3 cm³/mol. The number of nitrogens with one attached hydrogen (secondary N) is 1. The Labute approximate surface area is 130 Å². The van der Waals surface area contributed by atoms with E-state index >= 15 is 0 Å². The summed E-state index contributed by atoms with van der Waals surface area (Å²) in [6.07, 6.45) is 1.15. The lowest BCUT2D eigenvalue weighted by Gasteiger charge is -2.14. The average Bonchev–Trinajstić information content (AvgIpc) is 2.47. The van der Waals surface area contributed by atoms with Crippen molar-refractivity contribution in [2.75, 3.05) is 5.32 Å². The van der Waals surface area contributed by atoms with Crippen molar-refractivity contribution in [3.05, 3.63) is 53.1 Å². The topological polar surface area (TPSA) is 41.5 Å². The van der Waals surface area contributed by atoms with Gasteiger partial charge in [-0.05, 0) is 37.6 Å². The molecule has 0 fully saturated rings. The van der Waals surface area contributed by atoms with Crippen LogP contribution in [0.2, 0.25) is 5.02 Å². The van der Waals surface area contributed by atoms with E-state index in [9.17, 15) is 5.11 Å². The number of halogens is 1. The van der Waals surface area contributed by atoms with Crippen LogP contribution in [0.3, 0.4) is 0 Å². The van der Waals surface area contributed by atoms with Gasteiger partial charge in [0.15, 0.2) is 0 Å². The third-order valence-electron chi connectivity index (χ3n) is 3.31. The highest BCUT2D eigenvalue weighted by Crippen LogP contribution is 2.27. The zero-order chi connectivity index (χ0) is 15.2. The Morgan fingerprint density at radius 1 is 1.24 bits per heavy atom. The van der Waals surface area contributed by atoms with E-state index in [-0.39, 0.29) is 11.9 Å². The normalized spacial score (nSPS) is 12.0. The molecule has 2 aromatic carbocycles. The molecule has 2 N–H and O–H groups in total. The second-order valence-electron chi connectivity index (χ2n) is 4.96. The van der Waals surface area contributed by atoms with Crippen LogP contribution in [0.4, 0.5) is 5.69 Å². The molecule has 2 rings (SSSR count). The zero-order valence-corrected chi connectivity index (χ0v) is 13.0. The van der Waals surface area contributed by atoms with Gasteiger partial charge in [0.05, 0.1) is 6.10 Å². The lowest BCUT2D eigenvalue weighted by Crippen LogP contribution is -2.09. The van der Waals surface area contributed by atoms with Gasteiger partial charge in [0.25, 0.3) is 0 Å². The predicted octanol–water partition coefficient (Wildman–Crippen LogP) is 4.84. The Morgan fingerprint density at radius 2 is 2.00 bits per heavy atom. The van der Waals surface area contributed by atoms with E-state index in [0.717, 1.165) is 17.9 Å². The summed E-state index contributed by atoms with van der Waals surface area (Å²) in [5.74, 6) is 1.03. The lowest BCUT2D eigenvalue weighted by atomic mass is 10.2. The molecule has 0 aliphatic carbocycles. The van der Waals surface area contributed by atoms with Crippen molar-refractivity contribution in [3.8, 4) is 11.5 Å². The molecule has 1 atom stereocenters. The molecule has 0 aromatic heterocycles. The van der Waals surface area contributed by atoms with Crippen LogP contribution in [-0.2, 0) is 6.54 Å². The van der Waals surface area contributed by atoms with E-state index in [2.05, 4.69) is 12.2 Å². The highest BCUT2D eigenvalue weighted by molar-refractivity contribution is 6.31. The number of hydrogen-bond acceptors (Lipinski definition) is 3. The van der Waals surface area contributed by atoms with E-state index in [4.69, 9.17) is 16.3 Å². The van der Waals surface area contributed by atoms with Gasteiger partial charge >= 0.3 is 0 Å². The van der Waals surface area contributed by atoms with Gasteiger partial charge in [0, 0.05) is 28.9 Å². The summed E-state index contributed by atoms with van der Waals surface area (Å²) in [6.45, 7) is 4.59. The smallest absolute Gasteiger partial charge is 0.122 e. The Balaban J connectivity index is 2.05. The molecule has 0 amide bonds. The number of phenolic OH excluding ortho intramolecular Hbond substituents is 1. The molecule has 0 spiro atoms. The fourth-order valence-electron chi connectivity index (χ4n) is 1.91. The first kappa shape index (κ1) is 15.5. The van der Waals surface area contributed by atoms with Crippen molar-refractivity contribution >= 4 is 17.3 Å². The molecular formula is C17H20ClNO2. The van der Waals surface area contributed by atoms with Gasteiger partial charge in [-0.25, -0.2) is 0 Å². The molecule has 0 saturated heterocycles. The Bertz CT molecular complexity index is 581. The van der Waals surface area contributed by atoms with E-state index in [0.29, 0.717) is 17.1 Å². The summed E-state index contributed by atoms with van der Waals surface area (Å²) >= 11 is 6.09. The molecule has 1 unspecified atom stereocenters. The van der Waals surface area contributed by atoms with Crippen LogP contribution in [0.1, 0.15) is 25.8 Å². The number of rotatable bonds is 6. The molecule has 0 saturated carbocycles. The molecule has 3 nitrogen and oxygen atoms in total. The van der Waals surface area contributed by atoms with E-state index in [1.165, 1.54) is 0 Å². The molecule has 0 aliphatic heterocycles. The summed E-state index contributed by atoms with van der Waals surface area (Å²) in [7, 11) is 0. The van der Waals surface area contributed by atoms with Gasteiger partial charge in [-0.15, -0.1) is 0 Å². The highest BCUT2D eigenvalue weighted by atomic mass is 35.5. The molecule has 112 valence electrons. The number of ether oxygens (including phenoxy) is 1. The first-order chi connectivity index (χ1) is 10.1. The third-order valence-corrected chi connectivity index (χ3v) is 3.66. The molecule has 0 radical (unpaired) electrons. The first-order valence-corrected chi connectivity index (χ1v) is 7.45. The minimum atomic E-state index is 0.188.